The van der Waals surface area contributed by atoms with Crippen LogP contribution in [0.4, 0.5) is 0 Å². The quantitative estimate of drug-likeness (QED) is 0.545. The molecular weight excluding hydrogens is 124 g/mol. The summed E-state index contributed by atoms with van der Waals surface area (Å²) >= 11 is 0. The highest BCUT2D eigenvalue weighted by Gasteiger charge is 2.42. The van der Waals surface area contributed by atoms with Crippen molar-refractivity contribution in [2.24, 2.45) is 17.8 Å². The molecule has 0 amide bonds. The van der Waals surface area contributed by atoms with Crippen LogP contribution in [0.5, 0.6) is 0 Å². The molecule has 1 saturated carbocycles. The molecule has 0 spiro atoms. The zero-order valence-corrected chi connectivity index (χ0v) is 6.33. The van der Waals surface area contributed by atoms with Crippen molar-refractivity contribution in [1.82, 2.24) is 0 Å². The van der Waals surface area contributed by atoms with Gasteiger partial charge in [0, 0.05) is 5.92 Å². The molecule has 1 heteroatoms. The predicted octanol–water partition coefficient (Wildman–Crippen LogP) is 1.58. The lowest BCUT2D eigenvalue weighted by Crippen LogP contribution is -2.23. The zero-order valence-electron chi connectivity index (χ0n) is 6.33. The van der Waals surface area contributed by atoms with E-state index in [1.807, 2.05) is 0 Å². The molecule has 0 heterocycles. The van der Waals surface area contributed by atoms with Crippen molar-refractivity contribution in [1.29, 1.82) is 0 Å². The summed E-state index contributed by atoms with van der Waals surface area (Å²) < 4.78 is 0. The van der Waals surface area contributed by atoms with E-state index in [1.165, 1.54) is 6.42 Å². The standard InChI is InChI=1S/C9H14O/c1-2-8-6-3-4-7(5-6)9(8)10/h3-4,6-10H,2,5H2,1H3. The van der Waals surface area contributed by atoms with Gasteiger partial charge in [0.2, 0.25) is 0 Å². The first-order valence-electron chi connectivity index (χ1n) is 4.19. The Balaban J connectivity index is 2.18. The molecule has 1 nitrogen and oxygen atoms in total. The monoisotopic (exact) mass is 138 g/mol. The number of hydrogen-bond donors (Lipinski definition) is 1. The van der Waals surface area contributed by atoms with Crippen LogP contribution in [0.15, 0.2) is 12.2 Å². The fraction of sp³-hybridized carbons (Fsp3) is 0.778. The molecule has 1 N–H and O–H groups in total. The topological polar surface area (TPSA) is 20.2 Å². The van der Waals surface area contributed by atoms with Gasteiger partial charge < -0.3 is 5.11 Å². The van der Waals surface area contributed by atoms with Gasteiger partial charge in [-0.2, -0.15) is 0 Å². The van der Waals surface area contributed by atoms with Crippen molar-refractivity contribution in [3.8, 4) is 0 Å². The van der Waals surface area contributed by atoms with Crippen LogP contribution in [0.2, 0.25) is 0 Å². The second-order valence-electron chi connectivity index (χ2n) is 3.51. The molecule has 4 atom stereocenters. The van der Waals surface area contributed by atoms with Crippen LogP contribution in [0.1, 0.15) is 19.8 Å². The van der Waals surface area contributed by atoms with Crippen LogP contribution in [0.3, 0.4) is 0 Å². The van der Waals surface area contributed by atoms with E-state index in [2.05, 4.69) is 19.1 Å². The smallest absolute Gasteiger partial charge is 0.0636 e. The van der Waals surface area contributed by atoms with Crippen molar-refractivity contribution < 1.29 is 5.11 Å². The predicted molar refractivity (Wildman–Crippen MR) is 40.5 cm³/mol. The SMILES string of the molecule is CCC1C2C=CC(C2)C1O. The molecule has 0 aromatic heterocycles. The second kappa shape index (κ2) is 2.09. The van der Waals surface area contributed by atoms with Crippen molar-refractivity contribution in [3.63, 3.8) is 0 Å². The second-order valence-corrected chi connectivity index (χ2v) is 3.51. The lowest BCUT2D eigenvalue weighted by Gasteiger charge is -2.21. The van der Waals surface area contributed by atoms with E-state index in [9.17, 15) is 5.11 Å². The Bertz CT molecular complexity index is 162. The largest absolute Gasteiger partial charge is 0.392 e. The third-order valence-electron chi connectivity index (χ3n) is 3.05. The van der Waals surface area contributed by atoms with Gasteiger partial charge in [0.15, 0.2) is 0 Å². The fourth-order valence-corrected chi connectivity index (χ4v) is 2.44. The average molecular weight is 138 g/mol. The van der Waals surface area contributed by atoms with Gasteiger partial charge in [0.1, 0.15) is 0 Å². The molecule has 0 saturated heterocycles. The minimum Gasteiger partial charge on any atom is -0.392 e. The molecule has 0 aromatic rings. The number of fused-ring (bicyclic) bond motifs is 2. The van der Waals surface area contributed by atoms with E-state index in [4.69, 9.17) is 0 Å². The highest BCUT2D eigenvalue weighted by atomic mass is 16.3. The van der Waals surface area contributed by atoms with Gasteiger partial charge in [-0.25, -0.2) is 0 Å². The van der Waals surface area contributed by atoms with Crippen molar-refractivity contribution >= 4 is 0 Å². The van der Waals surface area contributed by atoms with Crippen LogP contribution in [0.25, 0.3) is 0 Å². The number of hydrogen-bond acceptors (Lipinski definition) is 1. The minimum atomic E-state index is -0.0278. The van der Waals surface area contributed by atoms with Gasteiger partial charge in [-0.3, -0.25) is 0 Å². The number of allylic oxidation sites excluding steroid dienone is 1. The van der Waals surface area contributed by atoms with E-state index in [0.717, 1.165) is 6.42 Å². The van der Waals surface area contributed by atoms with Gasteiger partial charge in [-0.1, -0.05) is 25.5 Å². The summed E-state index contributed by atoms with van der Waals surface area (Å²) in [5, 5.41) is 9.63. The molecule has 2 aliphatic rings. The molecule has 4 unspecified atom stereocenters. The molecule has 10 heavy (non-hydrogen) atoms. The maximum absolute atomic E-state index is 9.63. The van der Waals surface area contributed by atoms with Crippen LogP contribution in [0, 0.1) is 17.8 Å². The van der Waals surface area contributed by atoms with Crippen LogP contribution < -0.4 is 0 Å². The summed E-state index contributed by atoms with van der Waals surface area (Å²) in [5.41, 5.74) is 0. The summed E-state index contributed by atoms with van der Waals surface area (Å²) in [6.45, 7) is 2.17. The van der Waals surface area contributed by atoms with E-state index in [0.29, 0.717) is 17.8 Å². The Morgan fingerprint density at radius 3 is 2.50 bits per heavy atom. The maximum atomic E-state index is 9.63. The van der Waals surface area contributed by atoms with E-state index in [1.54, 1.807) is 0 Å². The number of rotatable bonds is 1. The Morgan fingerprint density at radius 1 is 1.40 bits per heavy atom. The summed E-state index contributed by atoms with van der Waals surface area (Å²) in [6.07, 6.45) is 6.78. The molecule has 2 aliphatic carbocycles. The summed E-state index contributed by atoms with van der Waals surface area (Å²) in [5.74, 6) is 1.76. The third-order valence-corrected chi connectivity index (χ3v) is 3.05. The summed E-state index contributed by atoms with van der Waals surface area (Å²) in [4.78, 5) is 0. The van der Waals surface area contributed by atoms with Gasteiger partial charge in [-0.05, 0) is 18.3 Å². The van der Waals surface area contributed by atoms with Gasteiger partial charge in [0.25, 0.3) is 0 Å². The average Bonchev–Trinajstić information content (AvgIpc) is 2.46. The number of aliphatic hydroxyl groups is 1. The Morgan fingerprint density at radius 2 is 2.10 bits per heavy atom. The molecule has 0 aromatic carbocycles. The highest BCUT2D eigenvalue weighted by Crippen LogP contribution is 2.44. The van der Waals surface area contributed by atoms with E-state index in [-0.39, 0.29) is 6.10 Å². The number of aliphatic hydroxyl groups excluding tert-OH is 1. The van der Waals surface area contributed by atoms with Gasteiger partial charge in [-0.15, -0.1) is 0 Å². The Hall–Kier alpha value is -0.300. The maximum Gasteiger partial charge on any atom is 0.0636 e. The van der Waals surface area contributed by atoms with Gasteiger partial charge >= 0.3 is 0 Å². The van der Waals surface area contributed by atoms with E-state index < -0.39 is 0 Å². The van der Waals surface area contributed by atoms with Gasteiger partial charge in [0.05, 0.1) is 6.10 Å². The molecule has 56 valence electrons. The van der Waals surface area contributed by atoms with Crippen molar-refractivity contribution in [2.45, 2.75) is 25.9 Å². The van der Waals surface area contributed by atoms with Crippen LogP contribution in [-0.2, 0) is 0 Å². The Labute approximate surface area is 61.8 Å². The molecule has 2 rings (SSSR count). The summed E-state index contributed by atoms with van der Waals surface area (Å²) in [7, 11) is 0. The molecule has 1 fully saturated rings. The Kier molecular flexibility index (Phi) is 1.34. The van der Waals surface area contributed by atoms with Crippen LogP contribution >= 0.6 is 0 Å². The first-order valence-corrected chi connectivity index (χ1v) is 4.19. The van der Waals surface area contributed by atoms with E-state index >= 15 is 0 Å². The molecule has 2 bridgehead atoms. The zero-order chi connectivity index (χ0) is 7.14. The first kappa shape index (κ1) is 6.41. The summed E-state index contributed by atoms with van der Waals surface area (Å²) in [6, 6.07) is 0. The third kappa shape index (κ3) is 0.671. The molecular formula is C9H14O. The molecule has 0 aliphatic heterocycles. The molecule has 0 radical (unpaired) electrons. The van der Waals surface area contributed by atoms with Crippen molar-refractivity contribution in [3.05, 3.63) is 12.2 Å². The lowest BCUT2D eigenvalue weighted by molar-refractivity contribution is 0.0943. The first-order chi connectivity index (χ1) is 4.83. The van der Waals surface area contributed by atoms with Crippen molar-refractivity contribution in [2.75, 3.05) is 0 Å². The van der Waals surface area contributed by atoms with Crippen LogP contribution in [-0.4, -0.2) is 11.2 Å². The lowest BCUT2D eigenvalue weighted by atomic mass is 9.89. The highest BCUT2D eigenvalue weighted by molar-refractivity contribution is 5.13. The fourth-order valence-electron chi connectivity index (χ4n) is 2.44. The minimum absolute atomic E-state index is 0.0278. The normalized spacial score (nSPS) is 50.6.